The summed E-state index contributed by atoms with van der Waals surface area (Å²) in [4.78, 5) is 27.8. The first-order valence-corrected chi connectivity index (χ1v) is 8.11. The molecule has 0 aromatic heterocycles. The molecule has 2 rings (SSSR count). The summed E-state index contributed by atoms with van der Waals surface area (Å²) in [5.74, 6) is 0.195. The first kappa shape index (κ1) is 15.3. The van der Waals surface area contributed by atoms with Crippen molar-refractivity contribution in [3.63, 3.8) is 0 Å². The van der Waals surface area contributed by atoms with Crippen LogP contribution in [0.25, 0.3) is 0 Å². The van der Waals surface area contributed by atoms with E-state index in [-0.39, 0.29) is 17.9 Å². The number of amides is 2. The van der Waals surface area contributed by atoms with Gasteiger partial charge in [-0.1, -0.05) is 33.6 Å². The molecular formula is C16H28N2O2. The lowest BCUT2D eigenvalue weighted by atomic mass is 9.81. The minimum Gasteiger partial charge on any atom is -0.340 e. The summed E-state index contributed by atoms with van der Waals surface area (Å²) >= 11 is 0. The third kappa shape index (κ3) is 2.04. The van der Waals surface area contributed by atoms with Crippen molar-refractivity contribution in [1.29, 1.82) is 0 Å². The number of rotatable bonds is 4. The molecule has 1 N–H and O–H groups in total. The van der Waals surface area contributed by atoms with Crippen molar-refractivity contribution in [2.24, 2.45) is 0 Å². The molecule has 0 bridgehead atoms. The van der Waals surface area contributed by atoms with Crippen molar-refractivity contribution in [3.8, 4) is 0 Å². The lowest BCUT2D eigenvalue weighted by molar-refractivity contribution is -0.166. The SMILES string of the molecule is CCC(CC)N1C(=O)C(C)(CC)NC(=O)C12CCCC2. The predicted molar refractivity (Wildman–Crippen MR) is 79.3 cm³/mol. The molecule has 2 aliphatic rings. The highest BCUT2D eigenvalue weighted by atomic mass is 16.2. The van der Waals surface area contributed by atoms with Crippen molar-refractivity contribution in [3.05, 3.63) is 0 Å². The molecule has 4 heteroatoms. The number of hydrogen-bond donors (Lipinski definition) is 1. The summed E-state index contributed by atoms with van der Waals surface area (Å²) < 4.78 is 0. The van der Waals surface area contributed by atoms with Gasteiger partial charge in [0.15, 0.2) is 0 Å². The largest absolute Gasteiger partial charge is 0.340 e. The average molecular weight is 280 g/mol. The smallest absolute Gasteiger partial charge is 0.249 e. The van der Waals surface area contributed by atoms with Crippen molar-refractivity contribution < 1.29 is 9.59 Å². The molecule has 1 heterocycles. The van der Waals surface area contributed by atoms with Gasteiger partial charge in [0.05, 0.1) is 0 Å². The van der Waals surface area contributed by atoms with E-state index in [1.807, 2.05) is 18.7 Å². The van der Waals surface area contributed by atoms with Crippen LogP contribution in [0.1, 0.15) is 72.6 Å². The molecule has 0 radical (unpaired) electrons. The van der Waals surface area contributed by atoms with Gasteiger partial charge in [-0.15, -0.1) is 0 Å². The molecule has 0 aromatic rings. The van der Waals surface area contributed by atoms with E-state index in [9.17, 15) is 9.59 Å². The zero-order valence-electron chi connectivity index (χ0n) is 13.3. The lowest BCUT2D eigenvalue weighted by Crippen LogP contribution is -2.75. The third-order valence-corrected chi connectivity index (χ3v) is 5.41. The molecule has 1 saturated heterocycles. The lowest BCUT2D eigenvalue weighted by Gasteiger charge is -2.53. The Morgan fingerprint density at radius 2 is 1.70 bits per heavy atom. The van der Waals surface area contributed by atoms with Gasteiger partial charge in [-0.05, 0) is 39.0 Å². The normalized spacial score (nSPS) is 29.4. The van der Waals surface area contributed by atoms with Gasteiger partial charge in [0.2, 0.25) is 11.8 Å². The van der Waals surface area contributed by atoms with Gasteiger partial charge < -0.3 is 10.2 Å². The first-order chi connectivity index (χ1) is 9.45. The summed E-state index contributed by atoms with van der Waals surface area (Å²) in [5.41, 5.74) is -1.30. The Hall–Kier alpha value is -1.06. The minimum absolute atomic E-state index is 0.0749. The van der Waals surface area contributed by atoms with Gasteiger partial charge in [0, 0.05) is 6.04 Å². The number of nitrogens with zero attached hydrogens (tertiary/aromatic N) is 1. The third-order valence-electron chi connectivity index (χ3n) is 5.41. The van der Waals surface area contributed by atoms with Crippen molar-refractivity contribution in [2.45, 2.75) is 89.8 Å². The molecule has 1 aliphatic carbocycles. The van der Waals surface area contributed by atoms with Crippen LogP contribution in [0.15, 0.2) is 0 Å². The van der Waals surface area contributed by atoms with Gasteiger partial charge in [0.25, 0.3) is 0 Å². The van der Waals surface area contributed by atoms with Crippen molar-refractivity contribution >= 4 is 11.8 Å². The average Bonchev–Trinajstić information content (AvgIpc) is 2.92. The first-order valence-electron chi connectivity index (χ1n) is 8.11. The highest BCUT2D eigenvalue weighted by molar-refractivity contribution is 6.02. The summed E-state index contributed by atoms with van der Waals surface area (Å²) in [7, 11) is 0. The quantitative estimate of drug-likeness (QED) is 0.860. The molecule has 20 heavy (non-hydrogen) atoms. The number of nitrogens with one attached hydrogen (secondary N) is 1. The monoisotopic (exact) mass is 280 g/mol. The molecule has 1 saturated carbocycles. The molecule has 114 valence electrons. The Morgan fingerprint density at radius 1 is 1.15 bits per heavy atom. The number of carbonyl (C=O) groups is 2. The number of piperazine rings is 1. The summed E-state index contributed by atoms with van der Waals surface area (Å²) in [6.07, 6.45) is 6.19. The second-order valence-corrected chi connectivity index (χ2v) is 6.52. The van der Waals surface area contributed by atoms with Crippen LogP contribution in [-0.2, 0) is 9.59 Å². The number of carbonyl (C=O) groups excluding carboxylic acids is 2. The molecule has 1 unspecified atom stereocenters. The molecule has 2 fully saturated rings. The number of hydrogen-bond acceptors (Lipinski definition) is 2. The Balaban J connectivity index is 2.46. The summed E-state index contributed by atoms with van der Waals surface area (Å²) in [6.45, 7) is 8.06. The topological polar surface area (TPSA) is 49.4 Å². The zero-order chi connectivity index (χ0) is 15.0. The Morgan fingerprint density at radius 3 is 2.15 bits per heavy atom. The standard InChI is InChI=1S/C16H28N2O2/c1-5-12(6-2)18-14(20)15(4,7-3)17-13(19)16(18)10-8-9-11-16/h12H,5-11H2,1-4H3,(H,17,19). The second kappa shape index (κ2) is 5.38. The van der Waals surface area contributed by atoms with Crippen LogP contribution in [0.3, 0.4) is 0 Å². The van der Waals surface area contributed by atoms with E-state index in [0.29, 0.717) is 6.42 Å². The maximum atomic E-state index is 13.1. The van der Waals surface area contributed by atoms with Gasteiger partial charge in [0.1, 0.15) is 11.1 Å². The van der Waals surface area contributed by atoms with Crippen LogP contribution in [0, 0.1) is 0 Å². The molecule has 4 nitrogen and oxygen atoms in total. The highest BCUT2D eigenvalue weighted by Gasteiger charge is 2.58. The van der Waals surface area contributed by atoms with Crippen LogP contribution in [0.4, 0.5) is 0 Å². The van der Waals surface area contributed by atoms with E-state index in [1.54, 1.807) is 0 Å². The molecule has 0 aromatic carbocycles. The van der Waals surface area contributed by atoms with Crippen molar-refractivity contribution in [1.82, 2.24) is 10.2 Å². The van der Waals surface area contributed by atoms with Crippen LogP contribution in [0.2, 0.25) is 0 Å². The van der Waals surface area contributed by atoms with Gasteiger partial charge in [-0.25, -0.2) is 0 Å². The highest BCUT2D eigenvalue weighted by Crippen LogP contribution is 2.42. The fraction of sp³-hybridized carbons (Fsp3) is 0.875. The Kier molecular flexibility index (Phi) is 4.12. The summed E-state index contributed by atoms with van der Waals surface area (Å²) in [5, 5.41) is 3.03. The Bertz CT molecular complexity index is 397. The maximum absolute atomic E-state index is 13.1. The van der Waals surface area contributed by atoms with E-state index < -0.39 is 11.1 Å². The molecule has 1 atom stereocenters. The van der Waals surface area contributed by atoms with Crippen molar-refractivity contribution in [2.75, 3.05) is 0 Å². The fourth-order valence-electron chi connectivity index (χ4n) is 3.83. The maximum Gasteiger partial charge on any atom is 0.249 e. The van der Waals surface area contributed by atoms with E-state index >= 15 is 0 Å². The molecule has 1 aliphatic heterocycles. The van der Waals surface area contributed by atoms with Crippen LogP contribution < -0.4 is 5.32 Å². The molecular weight excluding hydrogens is 252 g/mol. The predicted octanol–water partition coefficient (Wildman–Crippen LogP) is 2.61. The molecule has 2 amide bonds. The minimum atomic E-state index is -0.729. The summed E-state index contributed by atoms with van der Waals surface area (Å²) in [6, 6.07) is 0.178. The molecule has 1 spiro atoms. The van der Waals surface area contributed by atoms with Crippen LogP contribution in [-0.4, -0.2) is 33.8 Å². The van der Waals surface area contributed by atoms with Crippen LogP contribution >= 0.6 is 0 Å². The van der Waals surface area contributed by atoms with Gasteiger partial charge >= 0.3 is 0 Å². The van der Waals surface area contributed by atoms with E-state index in [0.717, 1.165) is 38.5 Å². The van der Waals surface area contributed by atoms with Gasteiger partial charge in [-0.3, -0.25) is 9.59 Å². The van der Waals surface area contributed by atoms with E-state index in [4.69, 9.17) is 0 Å². The Labute approximate surface area is 122 Å². The second-order valence-electron chi connectivity index (χ2n) is 6.52. The van der Waals surface area contributed by atoms with E-state index in [1.165, 1.54) is 0 Å². The van der Waals surface area contributed by atoms with Gasteiger partial charge in [-0.2, -0.15) is 0 Å². The van der Waals surface area contributed by atoms with Crippen LogP contribution in [0.5, 0.6) is 0 Å². The fourth-order valence-corrected chi connectivity index (χ4v) is 3.83. The van der Waals surface area contributed by atoms with E-state index in [2.05, 4.69) is 19.2 Å². The zero-order valence-corrected chi connectivity index (χ0v) is 13.3.